The lowest BCUT2D eigenvalue weighted by Crippen LogP contribution is -2.46. The molecule has 2 rings (SSSR count). The number of aliphatic carboxylic acids is 1. The molecule has 112 valence electrons. The van der Waals surface area contributed by atoms with Crippen molar-refractivity contribution in [2.75, 3.05) is 13.6 Å². The topological polar surface area (TPSA) is 77.9 Å². The van der Waals surface area contributed by atoms with Crippen molar-refractivity contribution in [2.24, 2.45) is 0 Å². The summed E-state index contributed by atoms with van der Waals surface area (Å²) in [5.74, 6) is -1.08. The van der Waals surface area contributed by atoms with E-state index in [0.29, 0.717) is 12.8 Å². The zero-order valence-corrected chi connectivity index (χ0v) is 14.0. The Labute approximate surface area is 130 Å². The monoisotopic (exact) mass is 382 g/mol. The largest absolute Gasteiger partial charge is 0.480 e. The highest BCUT2D eigenvalue weighted by atomic mass is 79.9. The van der Waals surface area contributed by atoms with Gasteiger partial charge in [0, 0.05) is 34.9 Å². The van der Waals surface area contributed by atoms with E-state index in [2.05, 4.69) is 15.9 Å². The van der Waals surface area contributed by atoms with Crippen LogP contribution in [-0.2, 0) is 21.5 Å². The molecule has 9 heteroatoms. The molecule has 1 saturated heterocycles. The van der Waals surface area contributed by atoms with Crippen molar-refractivity contribution >= 4 is 43.4 Å². The third-order valence-corrected chi connectivity index (χ3v) is 6.81. The Morgan fingerprint density at radius 2 is 2.35 bits per heavy atom. The minimum atomic E-state index is -3.74. The summed E-state index contributed by atoms with van der Waals surface area (Å²) in [5.41, 5.74) is 0. The van der Waals surface area contributed by atoms with Gasteiger partial charge in [0.05, 0.1) is 0 Å². The Hall–Kier alpha value is -0.480. The molecule has 0 radical (unpaired) electrons. The minimum Gasteiger partial charge on any atom is -0.480 e. The number of carboxylic acids is 1. The van der Waals surface area contributed by atoms with E-state index in [4.69, 9.17) is 5.11 Å². The van der Waals surface area contributed by atoms with Crippen molar-refractivity contribution in [1.82, 2.24) is 8.61 Å². The minimum absolute atomic E-state index is 0.238. The lowest BCUT2D eigenvalue weighted by atomic mass is 10.2. The smallest absolute Gasteiger partial charge is 0.322 e. The van der Waals surface area contributed by atoms with Crippen LogP contribution < -0.4 is 0 Å². The molecule has 1 N–H and O–H groups in total. The van der Waals surface area contributed by atoms with Crippen LogP contribution in [0.15, 0.2) is 15.9 Å². The number of carboxylic acid groups (broad SMARTS) is 1. The predicted octanol–water partition coefficient (Wildman–Crippen LogP) is 1.74. The molecule has 0 amide bonds. The highest BCUT2D eigenvalue weighted by molar-refractivity contribution is 9.10. The van der Waals surface area contributed by atoms with Crippen LogP contribution in [0.2, 0.25) is 0 Å². The zero-order chi connectivity index (χ0) is 14.9. The number of thiophene rings is 1. The number of rotatable bonds is 5. The number of carbonyl (C=O) groups is 1. The van der Waals surface area contributed by atoms with Gasteiger partial charge in [0.25, 0.3) is 10.2 Å². The quantitative estimate of drug-likeness (QED) is 0.840. The van der Waals surface area contributed by atoms with Gasteiger partial charge in [-0.3, -0.25) is 4.79 Å². The fraction of sp³-hybridized carbons (Fsp3) is 0.545. The number of hydrogen-bond acceptors (Lipinski definition) is 4. The van der Waals surface area contributed by atoms with Crippen molar-refractivity contribution in [2.45, 2.75) is 25.4 Å². The summed E-state index contributed by atoms with van der Waals surface area (Å²) in [5, 5.41) is 11.0. The van der Waals surface area contributed by atoms with E-state index in [1.807, 2.05) is 11.4 Å². The molecule has 0 spiro atoms. The van der Waals surface area contributed by atoms with Crippen molar-refractivity contribution < 1.29 is 18.3 Å². The molecule has 1 aromatic rings. The molecule has 0 unspecified atom stereocenters. The second kappa shape index (κ2) is 6.10. The highest BCUT2D eigenvalue weighted by Gasteiger charge is 2.40. The van der Waals surface area contributed by atoms with Gasteiger partial charge < -0.3 is 5.11 Å². The van der Waals surface area contributed by atoms with E-state index < -0.39 is 22.2 Å². The van der Waals surface area contributed by atoms with E-state index in [1.165, 1.54) is 22.7 Å². The Kier molecular flexibility index (Phi) is 4.85. The first-order valence-corrected chi connectivity index (χ1v) is 9.08. The standard InChI is InChI=1S/C11H15BrN2O4S2/c1-13(6-9-5-8(12)7-19-9)20(17,18)14-4-2-3-10(14)11(15)16/h5,7,10H,2-4,6H2,1H3,(H,15,16)/t10-/m0/s1. The van der Waals surface area contributed by atoms with Crippen LogP contribution >= 0.6 is 27.3 Å². The summed E-state index contributed by atoms with van der Waals surface area (Å²) in [6, 6.07) is 0.910. The third-order valence-electron chi connectivity index (χ3n) is 3.18. The third kappa shape index (κ3) is 3.22. The van der Waals surface area contributed by atoms with Crippen LogP contribution in [0.5, 0.6) is 0 Å². The SMILES string of the molecule is CN(Cc1cc(Br)cs1)S(=O)(=O)N1CCC[C@H]1C(=O)O. The maximum absolute atomic E-state index is 12.4. The number of halogens is 1. The molecular weight excluding hydrogens is 368 g/mol. The van der Waals surface area contributed by atoms with Gasteiger partial charge in [-0.25, -0.2) is 0 Å². The first-order chi connectivity index (χ1) is 9.32. The van der Waals surface area contributed by atoms with E-state index >= 15 is 0 Å². The summed E-state index contributed by atoms with van der Waals surface area (Å²) in [6.45, 7) is 0.499. The summed E-state index contributed by atoms with van der Waals surface area (Å²) in [7, 11) is -2.27. The Balaban J connectivity index is 2.15. The van der Waals surface area contributed by atoms with Gasteiger partial charge in [-0.05, 0) is 34.8 Å². The van der Waals surface area contributed by atoms with Crippen molar-refractivity contribution in [3.63, 3.8) is 0 Å². The predicted molar refractivity (Wildman–Crippen MR) is 79.8 cm³/mol. The normalized spacial score (nSPS) is 20.6. The van der Waals surface area contributed by atoms with Gasteiger partial charge >= 0.3 is 5.97 Å². The van der Waals surface area contributed by atoms with E-state index in [0.717, 1.165) is 13.7 Å². The molecule has 0 aliphatic carbocycles. The number of hydrogen-bond donors (Lipinski definition) is 1. The molecule has 1 aromatic heterocycles. The molecule has 0 bridgehead atoms. The van der Waals surface area contributed by atoms with Crippen LogP contribution in [0.25, 0.3) is 0 Å². The van der Waals surface area contributed by atoms with Gasteiger partial charge in [-0.1, -0.05) is 0 Å². The van der Waals surface area contributed by atoms with E-state index in [1.54, 1.807) is 0 Å². The molecule has 1 aliphatic rings. The average molecular weight is 383 g/mol. The fourth-order valence-corrected chi connectivity index (χ4v) is 5.30. The van der Waals surface area contributed by atoms with Crippen LogP contribution in [0, 0.1) is 0 Å². The lowest BCUT2D eigenvalue weighted by molar-refractivity contribution is -0.140. The maximum Gasteiger partial charge on any atom is 0.322 e. The molecule has 0 saturated carbocycles. The number of nitrogens with zero attached hydrogens (tertiary/aromatic N) is 2. The lowest BCUT2D eigenvalue weighted by Gasteiger charge is -2.26. The average Bonchev–Trinajstić information content (AvgIpc) is 2.98. The second-order valence-corrected chi connectivity index (χ2v) is 8.50. The van der Waals surface area contributed by atoms with Gasteiger partial charge in [0.2, 0.25) is 0 Å². The van der Waals surface area contributed by atoms with E-state index in [9.17, 15) is 13.2 Å². The summed E-state index contributed by atoms with van der Waals surface area (Å²) in [6.07, 6.45) is 0.946. The Bertz CT molecular complexity index is 601. The molecule has 1 aliphatic heterocycles. The summed E-state index contributed by atoms with van der Waals surface area (Å²) < 4.78 is 28.1. The van der Waals surface area contributed by atoms with Gasteiger partial charge in [-0.15, -0.1) is 11.3 Å². The fourth-order valence-electron chi connectivity index (χ4n) is 2.18. The van der Waals surface area contributed by atoms with Crippen LogP contribution in [0.4, 0.5) is 0 Å². The van der Waals surface area contributed by atoms with Crippen LogP contribution in [-0.4, -0.2) is 47.7 Å². The first-order valence-electron chi connectivity index (χ1n) is 6.01. The molecule has 2 heterocycles. The van der Waals surface area contributed by atoms with Crippen molar-refractivity contribution in [1.29, 1.82) is 0 Å². The Morgan fingerprint density at radius 1 is 1.65 bits per heavy atom. The van der Waals surface area contributed by atoms with Crippen molar-refractivity contribution in [3.8, 4) is 0 Å². The van der Waals surface area contributed by atoms with E-state index in [-0.39, 0.29) is 13.1 Å². The zero-order valence-electron chi connectivity index (χ0n) is 10.8. The molecule has 1 atom stereocenters. The maximum atomic E-state index is 12.4. The van der Waals surface area contributed by atoms with Crippen molar-refractivity contribution in [3.05, 3.63) is 20.8 Å². The van der Waals surface area contributed by atoms with Gasteiger partial charge in [0.15, 0.2) is 0 Å². The van der Waals surface area contributed by atoms with Crippen LogP contribution in [0.1, 0.15) is 17.7 Å². The summed E-state index contributed by atoms with van der Waals surface area (Å²) >= 11 is 4.78. The summed E-state index contributed by atoms with van der Waals surface area (Å²) in [4.78, 5) is 12.0. The van der Waals surface area contributed by atoms with Crippen LogP contribution in [0.3, 0.4) is 0 Å². The molecule has 0 aromatic carbocycles. The first kappa shape index (κ1) is 15.9. The molecule has 20 heavy (non-hydrogen) atoms. The second-order valence-electron chi connectivity index (χ2n) is 4.60. The van der Waals surface area contributed by atoms with Gasteiger partial charge in [-0.2, -0.15) is 17.0 Å². The molecule has 6 nitrogen and oxygen atoms in total. The Morgan fingerprint density at radius 3 is 2.90 bits per heavy atom. The van der Waals surface area contributed by atoms with Gasteiger partial charge in [0.1, 0.15) is 6.04 Å². The molecular formula is C11H15BrN2O4S2. The molecule has 1 fully saturated rings. The highest BCUT2D eigenvalue weighted by Crippen LogP contribution is 2.26.